The normalized spacial score (nSPS) is 31.2. The third-order valence-electron chi connectivity index (χ3n) is 8.55. The molecule has 0 saturated heterocycles. The van der Waals surface area contributed by atoms with E-state index < -0.39 is 29.6 Å². The third-order valence-corrected chi connectivity index (χ3v) is 8.55. The highest BCUT2D eigenvalue weighted by Gasteiger charge is 2.56. The Hall–Kier alpha value is -2.89. The van der Waals surface area contributed by atoms with Gasteiger partial charge in [0.2, 0.25) is 0 Å². The maximum Gasteiger partial charge on any atom is 0.314 e. The molecule has 11 nitrogen and oxygen atoms in total. The van der Waals surface area contributed by atoms with Crippen LogP contribution in [0.5, 0.6) is 0 Å². The number of nitrogens with zero attached hydrogens (tertiary/aromatic N) is 2. The van der Waals surface area contributed by atoms with Gasteiger partial charge < -0.3 is 36.3 Å². The van der Waals surface area contributed by atoms with Crippen LogP contribution in [0.2, 0.25) is 0 Å². The highest BCUT2D eigenvalue weighted by molar-refractivity contribution is 6.39. The Morgan fingerprint density at radius 2 is 2.00 bits per heavy atom. The molecule has 0 radical (unpaired) electrons. The average molecular weight is 499 g/mol. The van der Waals surface area contributed by atoms with Gasteiger partial charge in [-0.15, -0.1) is 0 Å². The van der Waals surface area contributed by atoms with Crippen molar-refractivity contribution in [2.75, 3.05) is 17.2 Å². The number of nitrogens with one attached hydrogen (secondary N) is 4. The summed E-state index contributed by atoms with van der Waals surface area (Å²) in [5.74, 6) is 0.675. The molecule has 4 aliphatic carbocycles. The number of carbonyl (C=O) groups excluding carboxylic acids is 2. The van der Waals surface area contributed by atoms with Gasteiger partial charge in [0.1, 0.15) is 5.82 Å². The summed E-state index contributed by atoms with van der Waals surface area (Å²) < 4.78 is 2.05. The Morgan fingerprint density at radius 3 is 2.67 bits per heavy atom. The zero-order valence-electron chi connectivity index (χ0n) is 20.3. The van der Waals surface area contributed by atoms with Gasteiger partial charge >= 0.3 is 11.8 Å². The summed E-state index contributed by atoms with van der Waals surface area (Å²) in [5, 5.41) is 43.5. The lowest BCUT2D eigenvalue weighted by Crippen LogP contribution is -2.55. The molecule has 4 fully saturated rings. The van der Waals surface area contributed by atoms with E-state index in [-0.39, 0.29) is 19.1 Å². The van der Waals surface area contributed by atoms with Crippen LogP contribution in [-0.2, 0) is 16.1 Å². The van der Waals surface area contributed by atoms with Gasteiger partial charge in [0.05, 0.1) is 36.1 Å². The molecule has 11 heteroatoms. The number of aliphatic hydroxyl groups is 3. The SMILES string of the molecule is CC(O)C[C@@H](CO)NC(=O)C(=O)Nc1nn(C2[C@@H]3CC4C[C@H]2CC(O)(C4)C3)c2c1CNc1[nH]ccc1-2. The second-order valence-corrected chi connectivity index (χ2v) is 11.3. The molecule has 5 aliphatic rings. The van der Waals surface area contributed by atoms with Crippen molar-refractivity contribution in [2.45, 2.75) is 75.8 Å². The van der Waals surface area contributed by atoms with Crippen molar-refractivity contribution in [3.05, 3.63) is 17.8 Å². The fraction of sp³-hybridized carbons (Fsp3) is 0.640. The van der Waals surface area contributed by atoms with Crippen LogP contribution >= 0.6 is 0 Å². The Bertz CT molecular complexity index is 1170. The molecule has 0 spiro atoms. The van der Waals surface area contributed by atoms with Gasteiger partial charge in [-0.3, -0.25) is 14.3 Å². The van der Waals surface area contributed by atoms with Crippen LogP contribution in [0, 0.1) is 17.8 Å². The van der Waals surface area contributed by atoms with E-state index in [0.717, 1.165) is 54.7 Å². The number of H-pyrrole nitrogens is 1. The molecule has 194 valence electrons. The Labute approximate surface area is 208 Å². The van der Waals surface area contributed by atoms with Gasteiger partial charge in [0.25, 0.3) is 0 Å². The first kappa shape index (κ1) is 23.5. The zero-order chi connectivity index (χ0) is 25.2. The molecule has 7 atom stereocenters. The Balaban J connectivity index is 1.31. The monoisotopic (exact) mass is 498 g/mol. The summed E-state index contributed by atoms with van der Waals surface area (Å²) in [6.45, 7) is 1.61. The van der Waals surface area contributed by atoms with Gasteiger partial charge in [-0.05, 0) is 69.3 Å². The lowest BCUT2D eigenvalue weighted by molar-refractivity contribution is -0.148. The number of hydrogen-bond donors (Lipinski definition) is 7. The number of anilines is 2. The van der Waals surface area contributed by atoms with Crippen molar-refractivity contribution in [2.24, 2.45) is 17.8 Å². The van der Waals surface area contributed by atoms with Crippen LogP contribution in [0.3, 0.4) is 0 Å². The van der Waals surface area contributed by atoms with E-state index in [1.54, 1.807) is 6.92 Å². The van der Waals surface area contributed by atoms with Crippen molar-refractivity contribution in [3.8, 4) is 11.3 Å². The number of aromatic nitrogens is 3. The fourth-order valence-electron chi connectivity index (χ4n) is 7.49. The molecule has 7 N–H and O–H groups in total. The lowest BCUT2D eigenvalue weighted by Gasteiger charge is -2.58. The van der Waals surface area contributed by atoms with Crippen LogP contribution in [0.15, 0.2) is 12.3 Å². The third kappa shape index (κ3) is 3.89. The zero-order valence-corrected chi connectivity index (χ0v) is 20.3. The van der Waals surface area contributed by atoms with Gasteiger partial charge in [0, 0.05) is 23.9 Å². The highest BCUT2D eigenvalue weighted by Crippen LogP contribution is 2.60. The van der Waals surface area contributed by atoms with E-state index in [2.05, 4.69) is 25.6 Å². The quantitative estimate of drug-likeness (QED) is 0.293. The van der Waals surface area contributed by atoms with Crippen LogP contribution in [-0.4, -0.2) is 66.3 Å². The van der Waals surface area contributed by atoms with Gasteiger partial charge in [-0.1, -0.05) is 0 Å². The Kier molecular flexibility index (Phi) is 5.62. The molecule has 2 amide bonds. The number of aliphatic hydroxyl groups excluding tert-OH is 2. The minimum absolute atomic E-state index is 0.126. The molecule has 4 saturated carbocycles. The molecule has 3 heterocycles. The smallest absolute Gasteiger partial charge is 0.314 e. The number of hydrogen-bond acceptors (Lipinski definition) is 7. The van der Waals surface area contributed by atoms with E-state index in [0.29, 0.717) is 30.1 Å². The second kappa shape index (κ2) is 8.60. The van der Waals surface area contributed by atoms with E-state index in [1.807, 2.05) is 12.3 Å². The minimum Gasteiger partial charge on any atom is -0.394 e. The molecule has 1 aliphatic heterocycles. The van der Waals surface area contributed by atoms with Crippen LogP contribution in [0.1, 0.15) is 57.1 Å². The summed E-state index contributed by atoms with van der Waals surface area (Å²) >= 11 is 0. The number of rotatable bonds is 6. The maximum atomic E-state index is 12.8. The standard InChI is InChI=1S/C25H34N6O5/c1-12(33)4-16(11-32)28-23(34)24(35)29-22-18-10-27-21-17(2-3-26-21)20(18)31(30-22)19-14-5-13-6-15(19)9-25(36,7-13)8-14/h2-3,12-16,19,26-27,32-33,36H,4-11H2,1H3,(H,28,34)(H,29,30,35)/t12?,13?,14-,15+,16-,19?,25?/m0/s1. The number of carbonyl (C=O) groups is 2. The van der Waals surface area contributed by atoms with Crippen molar-refractivity contribution in [1.82, 2.24) is 20.1 Å². The van der Waals surface area contributed by atoms with E-state index >= 15 is 0 Å². The lowest BCUT2D eigenvalue weighted by atomic mass is 9.52. The molecule has 4 bridgehead atoms. The predicted octanol–water partition coefficient (Wildman–Crippen LogP) is 1.10. The summed E-state index contributed by atoms with van der Waals surface area (Å²) in [6, 6.07) is 1.39. The van der Waals surface area contributed by atoms with E-state index in [1.165, 1.54) is 0 Å². The number of amides is 2. The topological polar surface area (TPSA) is 165 Å². The van der Waals surface area contributed by atoms with Crippen molar-refractivity contribution < 1.29 is 24.9 Å². The predicted molar refractivity (Wildman–Crippen MR) is 131 cm³/mol. The summed E-state index contributed by atoms with van der Waals surface area (Å²) in [5.41, 5.74) is 2.16. The molecule has 2 aromatic heterocycles. The number of fused-ring (bicyclic) bond motifs is 3. The van der Waals surface area contributed by atoms with Gasteiger partial charge in [-0.2, -0.15) is 5.10 Å². The minimum atomic E-state index is -0.888. The summed E-state index contributed by atoms with van der Waals surface area (Å²) in [7, 11) is 0. The van der Waals surface area contributed by atoms with E-state index in [9.17, 15) is 24.9 Å². The molecular formula is C25H34N6O5. The van der Waals surface area contributed by atoms with Crippen molar-refractivity contribution >= 4 is 23.5 Å². The average Bonchev–Trinajstić information content (AvgIpc) is 3.41. The molecule has 2 aromatic rings. The first-order chi connectivity index (χ1) is 17.2. The van der Waals surface area contributed by atoms with Gasteiger partial charge in [-0.25, -0.2) is 0 Å². The first-order valence-electron chi connectivity index (χ1n) is 12.9. The van der Waals surface area contributed by atoms with Crippen LogP contribution < -0.4 is 16.0 Å². The molecule has 0 aromatic carbocycles. The largest absolute Gasteiger partial charge is 0.394 e. The molecule has 7 rings (SSSR count). The molecule has 36 heavy (non-hydrogen) atoms. The highest BCUT2D eigenvalue weighted by atomic mass is 16.3. The van der Waals surface area contributed by atoms with Gasteiger partial charge in [0.15, 0.2) is 5.82 Å². The van der Waals surface area contributed by atoms with E-state index in [4.69, 9.17) is 5.10 Å². The summed E-state index contributed by atoms with van der Waals surface area (Å²) in [6.07, 6.45) is 5.87. The second-order valence-electron chi connectivity index (χ2n) is 11.3. The fourth-order valence-corrected chi connectivity index (χ4v) is 7.49. The maximum absolute atomic E-state index is 12.8. The Morgan fingerprint density at radius 1 is 1.25 bits per heavy atom. The van der Waals surface area contributed by atoms with Crippen LogP contribution in [0.25, 0.3) is 11.3 Å². The molecular weight excluding hydrogens is 464 g/mol. The van der Waals surface area contributed by atoms with Crippen molar-refractivity contribution in [1.29, 1.82) is 0 Å². The van der Waals surface area contributed by atoms with Crippen molar-refractivity contribution in [3.63, 3.8) is 0 Å². The summed E-state index contributed by atoms with van der Waals surface area (Å²) in [4.78, 5) is 28.6. The first-order valence-corrected chi connectivity index (χ1v) is 12.9. The molecule has 4 unspecified atom stereocenters. The number of aromatic amines is 1. The van der Waals surface area contributed by atoms with Crippen LogP contribution in [0.4, 0.5) is 11.6 Å².